The molecule has 2 atom stereocenters. The molecule has 2 unspecified atom stereocenters. The number of carboxylic acid groups (broad SMARTS) is 2. The van der Waals surface area contributed by atoms with Crippen molar-refractivity contribution in [1.82, 2.24) is 0 Å². The first kappa shape index (κ1) is 10.9. The van der Waals surface area contributed by atoms with Crippen LogP contribution in [0.1, 0.15) is 19.8 Å². The van der Waals surface area contributed by atoms with Crippen LogP contribution in [0.5, 0.6) is 0 Å². The molecule has 0 aromatic rings. The van der Waals surface area contributed by atoms with Gasteiger partial charge in [0.1, 0.15) is 6.04 Å². The number of nitrogens with two attached hydrogens (primary N) is 1. The minimum Gasteiger partial charge on any atom is -0.481 e. The van der Waals surface area contributed by atoms with Crippen molar-refractivity contribution in [3.63, 3.8) is 0 Å². The summed E-state index contributed by atoms with van der Waals surface area (Å²) in [4.78, 5) is 20.4. The normalized spacial score (nSPS) is 15.2. The maximum absolute atomic E-state index is 10.3. The van der Waals surface area contributed by atoms with Crippen molar-refractivity contribution in [2.45, 2.75) is 25.8 Å². The van der Waals surface area contributed by atoms with E-state index in [2.05, 4.69) is 0 Å². The topological polar surface area (TPSA) is 101 Å². The summed E-state index contributed by atoms with van der Waals surface area (Å²) in [5.74, 6) is -2.33. The van der Waals surface area contributed by atoms with Crippen LogP contribution in [0.2, 0.25) is 0 Å². The van der Waals surface area contributed by atoms with E-state index in [1.54, 1.807) is 6.92 Å². The van der Waals surface area contributed by atoms with E-state index < -0.39 is 18.0 Å². The molecule has 4 N–H and O–H groups in total. The number of rotatable bonds is 5. The quantitative estimate of drug-likeness (QED) is 0.541. The van der Waals surface area contributed by atoms with E-state index in [4.69, 9.17) is 15.9 Å². The highest BCUT2D eigenvalue weighted by atomic mass is 16.4. The van der Waals surface area contributed by atoms with Crippen LogP contribution in [-0.4, -0.2) is 28.2 Å². The Balaban J connectivity index is 3.79. The van der Waals surface area contributed by atoms with E-state index in [-0.39, 0.29) is 12.3 Å². The van der Waals surface area contributed by atoms with E-state index in [0.717, 1.165) is 0 Å². The fourth-order valence-corrected chi connectivity index (χ4v) is 0.774. The van der Waals surface area contributed by atoms with Crippen molar-refractivity contribution in [3.8, 4) is 0 Å². The van der Waals surface area contributed by atoms with Gasteiger partial charge in [0, 0.05) is 6.42 Å². The van der Waals surface area contributed by atoms with Crippen LogP contribution in [0.15, 0.2) is 0 Å². The van der Waals surface area contributed by atoms with Crippen molar-refractivity contribution >= 4 is 11.9 Å². The second-order valence-corrected chi connectivity index (χ2v) is 2.77. The molecule has 0 saturated heterocycles. The maximum Gasteiger partial charge on any atom is 0.320 e. The Morgan fingerprint density at radius 1 is 1.42 bits per heavy atom. The molecule has 12 heavy (non-hydrogen) atoms. The van der Waals surface area contributed by atoms with Gasteiger partial charge < -0.3 is 15.9 Å². The second kappa shape index (κ2) is 4.71. The highest BCUT2D eigenvalue weighted by Gasteiger charge is 2.20. The highest BCUT2D eigenvalue weighted by Crippen LogP contribution is 2.08. The molecule has 0 amide bonds. The largest absolute Gasteiger partial charge is 0.481 e. The molecule has 0 spiro atoms. The molecular formula is C7H13NO4. The highest BCUT2D eigenvalue weighted by molar-refractivity contribution is 5.73. The fourth-order valence-electron chi connectivity index (χ4n) is 0.774. The van der Waals surface area contributed by atoms with E-state index in [9.17, 15) is 9.59 Å². The Labute approximate surface area is 70.2 Å². The van der Waals surface area contributed by atoms with Crippen molar-refractivity contribution in [2.24, 2.45) is 11.7 Å². The smallest absolute Gasteiger partial charge is 0.320 e. The lowest BCUT2D eigenvalue weighted by atomic mass is 9.97. The van der Waals surface area contributed by atoms with Gasteiger partial charge in [-0.25, -0.2) is 0 Å². The Morgan fingerprint density at radius 2 is 1.92 bits per heavy atom. The van der Waals surface area contributed by atoms with Gasteiger partial charge in [0.05, 0.1) is 0 Å². The van der Waals surface area contributed by atoms with Gasteiger partial charge in [0.2, 0.25) is 0 Å². The average molecular weight is 175 g/mol. The summed E-state index contributed by atoms with van der Waals surface area (Å²) in [5, 5.41) is 16.7. The third-order valence-electron chi connectivity index (χ3n) is 1.71. The number of carboxylic acids is 2. The number of aliphatic carboxylic acids is 2. The summed E-state index contributed by atoms with van der Waals surface area (Å²) in [6.45, 7) is 1.63. The first-order chi connectivity index (χ1) is 5.45. The lowest BCUT2D eigenvalue weighted by Crippen LogP contribution is -2.36. The minimum absolute atomic E-state index is 0.0395. The zero-order chi connectivity index (χ0) is 9.72. The molecule has 0 radical (unpaired) electrons. The number of hydrogen-bond donors (Lipinski definition) is 3. The van der Waals surface area contributed by atoms with Gasteiger partial charge in [-0.2, -0.15) is 0 Å². The fraction of sp³-hybridized carbons (Fsp3) is 0.714. The SMILES string of the molecule is CC(CCC(=O)O)C(N)C(=O)O. The first-order valence-corrected chi connectivity index (χ1v) is 3.65. The molecular weight excluding hydrogens is 162 g/mol. The average Bonchev–Trinajstić information content (AvgIpc) is 1.98. The van der Waals surface area contributed by atoms with Gasteiger partial charge in [-0.1, -0.05) is 6.92 Å². The van der Waals surface area contributed by atoms with Crippen molar-refractivity contribution in [1.29, 1.82) is 0 Å². The van der Waals surface area contributed by atoms with Crippen LogP contribution in [0.25, 0.3) is 0 Å². The molecule has 0 aromatic heterocycles. The summed E-state index contributed by atoms with van der Waals surface area (Å²) in [6.07, 6.45) is 0.255. The summed E-state index contributed by atoms with van der Waals surface area (Å²) in [5.41, 5.74) is 5.25. The molecule has 0 aliphatic rings. The van der Waals surface area contributed by atoms with Crippen LogP contribution in [0, 0.1) is 5.92 Å². The Bertz CT molecular complexity index is 180. The molecule has 5 nitrogen and oxygen atoms in total. The molecule has 0 bridgehead atoms. The third-order valence-corrected chi connectivity index (χ3v) is 1.71. The monoisotopic (exact) mass is 175 g/mol. The minimum atomic E-state index is -1.09. The molecule has 0 aliphatic heterocycles. The van der Waals surface area contributed by atoms with E-state index in [1.165, 1.54) is 0 Å². The summed E-state index contributed by atoms with van der Waals surface area (Å²) in [6, 6.07) is -0.968. The molecule has 0 fully saturated rings. The van der Waals surface area contributed by atoms with E-state index in [0.29, 0.717) is 6.42 Å². The summed E-state index contributed by atoms with van der Waals surface area (Å²) < 4.78 is 0. The molecule has 0 rings (SSSR count). The van der Waals surface area contributed by atoms with Crippen LogP contribution < -0.4 is 5.73 Å². The van der Waals surface area contributed by atoms with Crippen molar-refractivity contribution in [2.75, 3.05) is 0 Å². The predicted molar refractivity (Wildman–Crippen MR) is 41.6 cm³/mol. The second-order valence-electron chi connectivity index (χ2n) is 2.77. The molecule has 70 valence electrons. The van der Waals surface area contributed by atoms with Crippen LogP contribution in [-0.2, 0) is 9.59 Å². The molecule has 5 heteroatoms. The number of hydrogen-bond acceptors (Lipinski definition) is 3. The number of carbonyl (C=O) groups is 2. The van der Waals surface area contributed by atoms with Crippen molar-refractivity contribution in [3.05, 3.63) is 0 Å². The first-order valence-electron chi connectivity index (χ1n) is 3.65. The molecule has 0 heterocycles. The van der Waals surface area contributed by atoms with Crippen LogP contribution in [0.3, 0.4) is 0 Å². The van der Waals surface area contributed by atoms with E-state index >= 15 is 0 Å². The molecule has 0 aliphatic carbocycles. The third kappa shape index (κ3) is 3.92. The molecule has 0 aromatic carbocycles. The van der Waals surface area contributed by atoms with Gasteiger partial charge in [-0.15, -0.1) is 0 Å². The zero-order valence-corrected chi connectivity index (χ0v) is 6.86. The Kier molecular flexibility index (Phi) is 4.28. The van der Waals surface area contributed by atoms with Crippen LogP contribution in [0.4, 0.5) is 0 Å². The summed E-state index contributed by atoms with van der Waals surface area (Å²) in [7, 11) is 0. The predicted octanol–water partition coefficient (Wildman–Crippen LogP) is -0.101. The molecule has 0 saturated carbocycles. The van der Waals surface area contributed by atoms with Crippen LogP contribution >= 0.6 is 0 Å². The lowest BCUT2D eigenvalue weighted by molar-refractivity contribution is -0.141. The summed E-state index contributed by atoms with van der Waals surface area (Å²) >= 11 is 0. The maximum atomic E-state index is 10.3. The van der Waals surface area contributed by atoms with Crippen molar-refractivity contribution < 1.29 is 19.8 Å². The Hall–Kier alpha value is -1.10. The standard InChI is InChI=1S/C7H13NO4/c1-4(2-3-5(9)10)6(8)7(11)12/h4,6H,2-3,8H2,1H3,(H,9,10)(H,11,12). The van der Waals surface area contributed by atoms with Gasteiger partial charge in [0.25, 0.3) is 0 Å². The Morgan fingerprint density at radius 3 is 2.25 bits per heavy atom. The zero-order valence-electron chi connectivity index (χ0n) is 6.86. The van der Waals surface area contributed by atoms with Gasteiger partial charge >= 0.3 is 11.9 Å². The van der Waals surface area contributed by atoms with Gasteiger partial charge in [0.15, 0.2) is 0 Å². The van der Waals surface area contributed by atoms with Gasteiger partial charge in [-0.05, 0) is 12.3 Å². The lowest BCUT2D eigenvalue weighted by Gasteiger charge is -2.13. The van der Waals surface area contributed by atoms with E-state index in [1.807, 2.05) is 0 Å². The van der Waals surface area contributed by atoms with Gasteiger partial charge in [-0.3, -0.25) is 9.59 Å².